The molecule has 0 heterocycles. The summed E-state index contributed by atoms with van der Waals surface area (Å²) >= 11 is 5.89. The molecule has 0 saturated carbocycles. The van der Waals surface area contributed by atoms with Gasteiger partial charge in [0.05, 0.1) is 0 Å². The number of carbonyl (C=O) groups is 1. The van der Waals surface area contributed by atoms with Gasteiger partial charge in [-0.2, -0.15) is 0 Å². The summed E-state index contributed by atoms with van der Waals surface area (Å²) in [7, 11) is 3.74. The molecule has 0 aromatic heterocycles. The van der Waals surface area contributed by atoms with Crippen LogP contribution < -0.4 is 5.32 Å². The van der Waals surface area contributed by atoms with Crippen molar-refractivity contribution in [1.82, 2.24) is 10.2 Å². The molecule has 0 radical (unpaired) electrons. The number of halogens is 1. The first-order valence-corrected chi connectivity index (χ1v) is 7.72. The molecule has 2 rings (SSSR count). The van der Waals surface area contributed by atoms with Crippen LogP contribution in [0.5, 0.6) is 0 Å². The highest BCUT2D eigenvalue weighted by molar-refractivity contribution is 6.30. The largest absolute Gasteiger partial charge is 0.337 e. The minimum Gasteiger partial charge on any atom is -0.337 e. The molecule has 0 aliphatic carbocycles. The lowest BCUT2D eigenvalue weighted by Crippen LogP contribution is -2.27. The van der Waals surface area contributed by atoms with Crippen molar-refractivity contribution in [2.45, 2.75) is 13.0 Å². The highest BCUT2D eigenvalue weighted by Crippen LogP contribution is 2.15. The second-order valence-electron chi connectivity index (χ2n) is 5.30. The summed E-state index contributed by atoms with van der Waals surface area (Å²) in [6.07, 6.45) is 0.840. The smallest absolute Gasteiger partial charge is 0.254 e. The van der Waals surface area contributed by atoms with Gasteiger partial charge in [-0.15, -0.1) is 0 Å². The number of amides is 1. The maximum atomic E-state index is 12.7. The Hall–Kier alpha value is -1.84. The number of carbonyl (C=O) groups excluding carboxylic acids is 1. The van der Waals surface area contributed by atoms with Gasteiger partial charge in [-0.3, -0.25) is 4.79 Å². The third-order valence-electron chi connectivity index (χ3n) is 3.57. The van der Waals surface area contributed by atoms with Crippen LogP contribution in [-0.4, -0.2) is 31.4 Å². The van der Waals surface area contributed by atoms with Gasteiger partial charge >= 0.3 is 0 Å². The Balaban J connectivity index is 2.11. The van der Waals surface area contributed by atoms with E-state index < -0.39 is 0 Å². The van der Waals surface area contributed by atoms with Crippen LogP contribution in [0, 0.1) is 0 Å². The van der Waals surface area contributed by atoms with Gasteiger partial charge in [-0.1, -0.05) is 41.9 Å². The van der Waals surface area contributed by atoms with Gasteiger partial charge in [-0.05, 0) is 49.3 Å². The lowest BCUT2D eigenvalue weighted by atomic mass is 10.0. The molecule has 116 valence electrons. The molecule has 0 unspecified atom stereocenters. The minimum atomic E-state index is 0.0432. The Bertz CT molecular complexity index is 625. The minimum absolute atomic E-state index is 0.0432. The predicted molar refractivity (Wildman–Crippen MR) is 91.3 cm³/mol. The van der Waals surface area contributed by atoms with Crippen LogP contribution in [-0.2, 0) is 13.0 Å². The van der Waals surface area contributed by atoms with Crippen LogP contribution in [0.1, 0.15) is 21.5 Å². The van der Waals surface area contributed by atoms with Gasteiger partial charge in [0.15, 0.2) is 0 Å². The van der Waals surface area contributed by atoms with E-state index in [2.05, 4.69) is 5.32 Å². The Morgan fingerprint density at radius 1 is 1.14 bits per heavy atom. The van der Waals surface area contributed by atoms with E-state index in [9.17, 15) is 4.79 Å². The zero-order chi connectivity index (χ0) is 15.9. The standard InChI is InChI=1S/C18H21ClN2O/c1-20-12-11-15-5-3-4-6-17(15)18(22)21(2)13-14-7-9-16(19)10-8-14/h3-10,20H,11-13H2,1-2H3. The second kappa shape index (κ2) is 7.97. The average molecular weight is 317 g/mol. The number of nitrogens with zero attached hydrogens (tertiary/aromatic N) is 1. The molecule has 22 heavy (non-hydrogen) atoms. The number of nitrogens with one attached hydrogen (secondary N) is 1. The van der Waals surface area contributed by atoms with Gasteiger partial charge < -0.3 is 10.2 Å². The SMILES string of the molecule is CNCCc1ccccc1C(=O)N(C)Cc1ccc(Cl)cc1. The topological polar surface area (TPSA) is 32.3 Å². The van der Waals surface area contributed by atoms with Crippen molar-refractivity contribution in [2.24, 2.45) is 0 Å². The first-order chi connectivity index (χ1) is 10.6. The number of rotatable bonds is 6. The van der Waals surface area contributed by atoms with E-state index >= 15 is 0 Å². The Morgan fingerprint density at radius 3 is 2.50 bits per heavy atom. The summed E-state index contributed by atoms with van der Waals surface area (Å²) in [5, 5.41) is 3.82. The number of hydrogen-bond acceptors (Lipinski definition) is 2. The van der Waals surface area contributed by atoms with E-state index in [0.29, 0.717) is 11.6 Å². The molecule has 0 atom stereocenters. The Morgan fingerprint density at radius 2 is 1.82 bits per heavy atom. The summed E-state index contributed by atoms with van der Waals surface area (Å²) in [5.74, 6) is 0.0432. The molecular weight excluding hydrogens is 296 g/mol. The molecule has 0 aliphatic rings. The third-order valence-corrected chi connectivity index (χ3v) is 3.82. The fourth-order valence-electron chi connectivity index (χ4n) is 2.35. The Labute approximate surface area is 136 Å². The lowest BCUT2D eigenvalue weighted by molar-refractivity contribution is 0.0784. The zero-order valence-electron chi connectivity index (χ0n) is 13.0. The van der Waals surface area contributed by atoms with Crippen molar-refractivity contribution < 1.29 is 4.79 Å². The van der Waals surface area contributed by atoms with Crippen molar-refractivity contribution in [3.8, 4) is 0 Å². The molecule has 1 N–H and O–H groups in total. The average Bonchev–Trinajstić information content (AvgIpc) is 2.54. The fraction of sp³-hybridized carbons (Fsp3) is 0.278. The molecule has 0 bridgehead atoms. The van der Waals surface area contributed by atoms with Crippen molar-refractivity contribution >= 4 is 17.5 Å². The Kier molecular flexibility index (Phi) is 5.99. The summed E-state index contributed by atoms with van der Waals surface area (Å²) in [4.78, 5) is 14.4. The summed E-state index contributed by atoms with van der Waals surface area (Å²) in [5.41, 5.74) is 2.91. The quantitative estimate of drug-likeness (QED) is 0.886. The number of likely N-dealkylation sites (N-methyl/N-ethyl adjacent to an activating group) is 1. The molecule has 0 fully saturated rings. The van der Waals surface area contributed by atoms with Gasteiger partial charge in [-0.25, -0.2) is 0 Å². The van der Waals surface area contributed by atoms with Crippen LogP contribution >= 0.6 is 11.6 Å². The number of benzene rings is 2. The van der Waals surface area contributed by atoms with Crippen LogP contribution in [0.2, 0.25) is 5.02 Å². The van der Waals surface area contributed by atoms with E-state index in [-0.39, 0.29) is 5.91 Å². The molecular formula is C18H21ClN2O. The van der Waals surface area contributed by atoms with E-state index in [4.69, 9.17) is 11.6 Å². The molecule has 2 aromatic rings. The summed E-state index contributed by atoms with van der Waals surface area (Å²) in [6.45, 7) is 1.42. The summed E-state index contributed by atoms with van der Waals surface area (Å²) in [6, 6.07) is 15.4. The third kappa shape index (κ3) is 4.33. The van der Waals surface area contributed by atoms with Crippen molar-refractivity contribution in [1.29, 1.82) is 0 Å². The highest BCUT2D eigenvalue weighted by Gasteiger charge is 2.15. The van der Waals surface area contributed by atoms with Gasteiger partial charge in [0.1, 0.15) is 0 Å². The normalized spacial score (nSPS) is 10.5. The van der Waals surface area contributed by atoms with E-state index in [1.807, 2.05) is 62.6 Å². The highest BCUT2D eigenvalue weighted by atomic mass is 35.5. The van der Waals surface area contributed by atoms with Crippen LogP contribution in [0.15, 0.2) is 48.5 Å². The maximum absolute atomic E-state index is 12.7. The molecule has 3 nitrogen and oxygen atoms in total. The fourth-order valence-corrected chi connectivity index (χ4v) is 2.47. The van der Waals surface area contributed by atoms with Crippen LogP contribution in [0.4, 0.5) is 0 Å². The zero-order valence-corrected chi connectivity index (χ0v) is 13.7. The maximum Gasteiger partial charge on any atom is 0.254 e. The molecule has 0 aliphatic heterocycles. The van der Waals surface area contributed by atoms with Crippen LogP contribution in [0.25, 0.3) is 0 Å². The first-order valence-electron chi connectivity index (χ1n) is 7.34. The molecule has 0 spiro atoms. The summed E-state index contributed by atoms with van der Waals surface area (Å²) < 4.78 is 0. The monoisotopic (exact) mass is 316 g/mol. The lowest BCUT2D eigenvalue weighted by Gasteiger charge is -2.19. The molecule has 4 heteroatoms. The predicted octanol–water partition coefficient (Wildman–Crippen LogP) is 3.37. The second-order valence-corrected chi connectivity index (χ2v) is 5.73. The van der Waals surface area contributed by atoms with Crippen molar-refractivity contribution in [3.05, 3.63) is 70.2 Å². The van der Waals surface area contributed by atoms with Gasteiger partial charge in [0.25, 0.3) is 5.91 Å². The van der Waals surface area contributed by atoms with Crippen molar-refractivity contribution in [3.63, 3.8) is 0 Å². The van der Waals surface area contributed by atoms with Gasteiger partial charge in [0.2, 0.25) is 0 Å². The molecule has 1 amide bonds. The van der Waals surface area contributed by atoms with Crippen LogP contribution in [0.3, 0.4) is 0 Å². The van der Waals surface area contributed by atoms with E-state index in [0.717, 1.165) is 29.7 Å². The van der Waals surface area contributed by atoms with E-state index in [1.165, 1.54) is 0 Å². The van der Waals surface area contributed by atoms with Crippen molar-refractivity contribution in [2.75, 3.05) is 20.6 Å². The van der Waals surface area contributed by atoms with Gasteiger partial charge in [0, 0.05) is 24.2 Å². The molecule has 0 saturated heterocycles. The first kappa shape index (κ1) is 16.5. The van der Waals surface area contributed by atoms with E-state index in [1.54, 1.807) is 4.90 Å². The molecule has 2 aromatic carbocycles. The number of hydrogen-bond donors (Lipinski definition) is 1.